The number of amides is 1. The number of carboxylic acid groups (broad SMARTS) is 1. The minimum atomic E-state index is -1.12. The predicted octanol–water partition coefficient (Wildman–Crippen LogP) is 2.01. The molecule has 1 aromatic heterocycles. The van der Waals surface area contributed by atoms with Crippen LogP contribution in [0.5, 0.6) is 0 Å². The summed E-state index contributed by atoms with van der Waals surface area (Å²) in [6.07, 6.45) is 2.24. The van der Waals surface area contributed by atoms with Crippen LogP contribution in [0.1, 0.15) is 40.7 Å². The molecule has 6 nitrogen and oxygen atoms in total. The third kappa shape index (κ3) is 2.77. The number of aromatic nitrogens is 2. The van der Waals surface area contributed by atoms with Crippen LogP contribution in [-0.2, 0) is 17.6 Å². The molecule has 0 bridgehead atoms. The molecule has 1 amide bonds. The number of aliphatic carboxylic acids is 1. The van der Waals surface area contributed by atoms with Gasteiger partial charge in [0.2, 0.25) is 0 Å². The fourth-order valence-corrected chi connectivity index (χ4v) is 2.93. The van der Waals surface area contributed by atoms with Gasteiger partial charge in [0.1, 0.15) is 17.5 Å². The largest absolute Gasteiger partial charge is 0.480 e. The monoisotopic (exact) mass is 331 g/mol. The lowest BCUT2D eigenvalue weighted by atomic mass is 10.2. The summed E-state index contributed by atoms with van der Waals surface area (Å²) in [5.74, 6) is -2.07. The van der Waals surface area contributed by atoms with Gasteiger partial charge in [-0.15, -0.1) is 0 Å². The van der Waals surface area contributed by atoms with Crippen LogP contribution in [0.3, 0.4) is 0 Å². The lowest BCUT2D eigenvalue weighted by molar-refractivity contribution is -0.138. The first-order chi connectivity index (χ1) is 11.4. The summed E-state index contributed by atoms with van der Waals surface area (Å²) in [4.78, 5) is 23.3. The second-order valence-electron chi connectivity index (χ2n) is 6.03. The Bertz CT molecular complexity index is 829. The van der Waals surface area contributed by atoms with Crippen molar-refractivity contribution >= 4 is 11.9 Å². The summed E-state index contributed by atoms with van der Waals surface area (Å²) in [7, 11) is 0. The van der Waals surface area contributed by atoms with E-state index in [4.69, 9.17) is 5.11 Å². The van der Waals surface area contributed by atoms with Crippen LogP contribution in [0.15, 0.2) is 18.2 Å². The van der Waals surface area contributed by atoms with Crippen LogP contribution < -0.4 is 5.32 Å². The van der Waals surface area contributed by atoms with Crippen LogP contribution in [-0.4, -0.2) is 32.8 Å². The fourth-order valence-electron chi connectivity index (χ4n) is 2.93. The predicted molar refractivity (Wildman–Crippen MR) is 84.8 cm³/mol. The van der Waals surface area contributed by atoms with Gasteiger partial charge in [-0.1, -0.05) is 6.07 Å². The van der Waals surface area contributed by atoms with Gasteiger partial charge in [-0.3, -0.25) is 9.59 Å². The third-order valence-corrected chi connectivity index (χ3v) is 4.19. The summed E-state index contributed by atoms with van der Waals surface area (Å²) < 4.78 is 15.8. The Balaban J connectivity index is 2.02. The van der Waals surface area contributed by atoms with Crippen molar-refractivity contribution in [3.05, 3.63) is 46.5 Å². The van der Waals surface area contributed by atoms with Gasteiger partial charge >= 0.3 is 5.97 Å². The number of rotatable bonds is 4. The first-order valence-corrected chi connectivity index (χ1v) is 7.79. The lowest BCUT2D eigenvalue weighted by Crippen LogP contribution is -2.38. The molecule has 0 saturated heterocycles. The van der Waals surface area contributed by atoms with E-state index in [1.807, 2.05) is 0 Å². The summed E-state index contributed by atoms with van der Waals surface area (Å²) in [6, 6.07) is 3.83. The van der Waals surface area contributed by atoms with E-state index in [0.717, 1.165) is 23.2 Å². The van der Waals surface area contributed by atoms with Crippen molar-refractivity contribution in [1.29, 1.82) is 0 Å². The first kappa shape index (κ1) is 16.2. The van der Waals surface area contributed by atoms with Gasteiger partial charge in [0, 0.05) is 11.3 Å². The van der Waals surface area contributed by atoms with E-state index in [-0.39, 0.29) is 5.69 Å². The number of carboxylic acids is 1. The van der Waals surface area contributed by atoms with Gasteiger partial charge in [-0.05, 0) is 50.8 Å². The normalized spacial score (nSPS) is 14.3. The number of aryl methyl sites for hydroxylation is 1. The number of carbonyl (C=O) groups is 2. The Morgan fingerprint density at radius 3 is 2.79 bits per heavy atom. The molecule has 0 aliphatic heterocycles. The van der Waals surface area contributed by atoms with Gasteiger partial charge in [0.25, 0.3) is 5.91 Å². The number of hydrogen-bond acceptors (Lipinski definition) is 3. The lowest BCUT2D eigenvalue weighted by Gasteiger charge is -2.09. The number of benzene rings is 1. The standard InChI is InChI=1S/C17H18FN3O3/c1-9-6-7-14(12(18)8-9)21-13-5-3-4-11(13)15(20-21)16(22)19-10(2)17(23)24/h6-8,10H,3-5H2,1-2H3,(H,19,22)(H,23,24)/t10-/m1/s1. The van der Waals surface area contributed by atoms with Crippen LogP contribution in [0, 0.1) is 12.7 Å². The van der Waals surface area contributed by atoms with E-state index in [0.29, 0.717) is 18.5 Å². The van der Waals surface area contributed by atoms with Crippen LogP contribution in [0.25, 0.3) is 5.69 Å². The number of carbonyl (C=O) groups excluding carboxylic acids is 1. The number of nitrogens with zero attached hydrogens (tertiary/aromatic N) is 2. The second kappa shape index (κ2) is 6.07. The maximum absolute atomic E-state index is 14.3. The zero-order valence-electron chi connectivity index (χ0n) is 13.5. The van der Waals surface area contributed by atoms with E-state index >= 15 is 0 Å². The number of nitrogens with one attached hydrogen (secondary N) is 1. The molecule has 1 aromatic carbocycles. The van der Waals surface area contributed by atoms with Gasteiger partial charge < -0.3 is 10.4 Å². The van der Waals surface area contributed by atoms with Crippen molar-refractivity contribution in [2.24, 2.45) is 0 Å². The number of halogens is 1. The summed E-state index contributed by atoms with van der Waals surface area (Å²) in [6.45, 7) is 3.18. The molecular formula is C17H18FN3O3. The van der Waals surface area contributed by atoms with Crippen molar-refractivity contribution in [2.75, 3.05) is 0 Å². The van der Waals surface area contributed by atoms with E-state index < -0.39 is 23.7 Å². The molecule has 7 heteroatoms. The SMILES string of the molecule is Cc1ccc(-n2nc(C(=O)N[C@H](C)C(=O)O)c3c2CCC3)c(F)c1. The van der Waals surface area contributed by atoms with Gasteiger partial charge in [-0.25, -0.2) is 9.07 Å². The van der Waals surface area contributed by atoms with Gasteiger partial charge in [0.05, 0.1) is 0 Å². The Kier molecular flexibility index (Phi) is 4.09. The molecule has 2 N–H and O–H groups in total. The van der Waals surface area contributed by atoms with Crippen LogP contribution in [0.2, 0.25) is 0 Å². The highest BCUT2D eigenvalue weighted by Crippen LogP contribution is 2.29. The first-order valence-electron chi connectivity index (χ1n) is 7.79. The third-order valence-electron chi connectivity index (χ3n) is 4.19. The molecule has 3 rings (SSSR count). The molecule has 1 atom stereocenters. The highest BCUT2D eigenvalue weighted by atomic mass is 19.1. The molecule has 0 unspecified atom stereocenters. The average Bonchev–Trinajstić information content (AvgIpc) is 3.09. The molecule has 0 radical (unpaired) electrons. The van der Waals surface area contributed by atoms with Crippen molar-refractivity contribution < 1.29 is 19.1 Å². The molecule has 24 heavy (non-hydrogen) atoms. The Morgan fingerprint density at radius 2 is 2.12 bits per heavy atom. The van der Waals surface area contributed by atoms with Crippen LogP contribution in [0.4, 0.5) is 4.39 Å². The fraction of sp³-hybridized carbons (Fsp3) is 0.353. The Hall–Kier alpha value is -2.70. The highest BCUT2D eigenvalue weighted by Gasteiger charge is 2.29. The molecule has 0 spiro atoms. The smallest absolute Gasteiger partial charge is 0.325 e. The van der Waals surface area contributed by atoms with Gasteiger partial charge in [0.15, 0.2) is 5.69 Å². The Morgan fingerprint density at radius 1 is 1.38 bits per heavy atom. The maximum atomic E-state index is 14.3. The molecule has 1 heterocycles. The minimum Gasteiger partial charge on any atom is -0.480 e. The van der Waals surface area contributed by atoms with E-state index in [1.165, 1.54) is 17.7 Å². The quantitative estimate of drug-likeness (QED) is 0.897. The molecular weight excluding hydrogens is 313 g/mol. The average molecular weight is 331 g/mol. The van der Waals surface area contributed by atoms with Crippen molar-refractivity contribution in [3.8, 4) is 5.69 Å². The van der Waals surface area contributed by atoms with Gasteiger partial charge in [-0.2, -0.15) is 5.10 Å². The number of fused-ring (bicyclic) bond motifs is 1. The molecule has 1 aliphatic rings. The van der Waals surface area contributed by atoms with Crippen molar-refractivity contribution in [3.63, 3.8) is 0 Å². The maximum Gasteiger partial charge on any atom is 0.325 e. The minimum absolute atomic E-state index is 0.176. The molecule has 2 aromatic rings. The van der Waals surface area contributed by atoms with E-state index in [2.05, 4.69) is 10.4 Å². The van der Waals surface area contributed by atoms with Crippen molar-refractivity contribution in [2.45, 2.75) is 39.2 Å². The zero-order valence-corrected chi connectivity index (χ0v) is 13.5. The topological polar surface area (TPSA) is 84.2 Å². The molecule has 1 aliphatic carbocycles. The summed E-state index contributed by atoms with van der Waals surface area (Å²) >= 11 is 0. The molecule has 0 fully saturated rings. The molecule has 0 saturated carbocycles. The second-order valence-corrected chi connectivity index (χ2v) is 6.03. The van der Waals surface area contributed by atoms with Crippen molar-refractivity contribution in [1.82, 2.24) is 15.1 Å². The van der Waals surface area contributed by atoms with Crippen LogP contribution >= 0.6 is 0 Å². The Labute approximate surface area is 138 Å². The summed E-state index contributed by atoms with van der Waals surface area (Å²) in [5, 5.41) is 15.6. The number of hydrogen-bond donors (Lipinski definition) is 2. The van der Waals surface area contributed by atoms with E-state index in [9.17, 15) is 14.0 Å². The molecule has 126 valence electrons. The van der Waals surface area contributed by atoms with E-state index in [1.54, 1.807) is 19.1 Å². The zero-order chi connectivity index (χ0) is 17.4. The highest BCUT2D eigenvalue weighted by molar-refractivity contribution is 5.96. The summed E-state index contributed by atoms with van der Waals surface area (Å²) in [5.41, 5.74) is 2.85.